The van der Waals surface area contributed by atoms with Gasteiger partial charge in [-0.1, -0.05) is 0 Å². The molecule has 1 heterocycles. The Bertz CT molecular complexity index is 482. The maximum absolute atomic E-state index is 10.1. The molecule has 0 atom stereocenters. The molecule has 0 bridgehead atoms. The quantitative estimate of drug-likeness (QED) is 0.930. The summed E-state index contributed by atoms with van der Waals surface area (Å²) >= 11 is 3.47. The van der Waals surface area contributed by atoms with Gasteiger partial charge in [0.2, 0.25) is 0 Å². The normalized spacial score (nSPS) is 19.5. The van der Waals surface area contributed by atoms with Crippen LogP contribution in [0.5, 0.6) is 17.2 Å². The molecule has 0 amide bonds. The van der Waals surface area contributed by atoms with Crippen molar-refractivity contribution in [2.75, 3.05) is 20.3 Å². The summed E-state index contributed by atoms with van der Waals surface area (Å²) in [5, 5.41) is 10.1. The Kier molecular flexibility index (Phi) is 2.90. The van der Waals surface area contributed by atoms with Crippen molar-refractivity contribution >= 4 is 15.9 Å². The second kappa shape index (κ2) is 4.31. The van der Waals surface area contributed by atoms with E-state index >= 15 is 0 Å². The first kappa shape index (κ1) is 12.1. The van der Waals surface area contributed by atoms with Crippen molar-refractivity contribution < 1.29 is 19.3 Å². The molecule has 4 nitrogen and oxygen atoms in total. The molecule has 1 aromatic carbocycles. The molecule has 18 heavy (non-hydrogen) atoms. The van der Waals surface area contributed by atoms with Crippen LogP contribution in [0.1, 0.15) is 18.4 Å². The van der Waals surface area contributed by atoms with Crippen molar-refractivity contribution in [2.45, 2.75) is 24.9 Å². The molecule has 5 heteroatoms. The van der Waals surface area contributed by atoms with Crippen molar-refractivity contribution in [1.82, 2.24) is 0 Å². The second-order valence-electron chi connectivity index (χ2n) is 4.80. The third-order valence-corrected chi connectivity index (χ3v) is 3.96. The zero-order chi connectivity index (χ0) is 12.8. The lowest BCUT2D eigenvalue weighted by Crippen LogP contribution is -2.19. The molecule has 0 unspecified atom stereocenters. The summed E-state index contributed by atoms with van der Waals surface area (Å²) in [6.45, 7) is 1.08. The van der Waals surface area contributed by atoms with Crippen molar-refractivity contribution in [2.24, 2.45) is 0 Å². The van der Waals surface area contributed by atoms with E-state index in [1.807, 2.05) is 6.07 Å². The maximum atomic E-state index is 10.1. The molecule has 1 aromatic rings. The van der Waals surface area contributed by atoms with Gasteiger partial charge in [0.25, 0.3) is 0 Å². The fourth-order valence-electron chi connectivity index (χ4n) is 2.23. The Labute approximate surface area is 114 Å². The van der Waals surface area contributed by atoms with Crippen LogP contribution >= 0.6 is 15.9 Å². The number of aliphatic hydroxyl groups is 1. The molecule has 0 aromatic heterocycles. The zero-order valence-corrected chi connectivity index (χ0v) is 11.7. The first-order chi connectivity index (χ1) is 8.63. The number of hydrogen-bond acceptors (Lipinski definition) is 4. The van der Waals surface area contributed by atoms with Gasteiger partial charge in [-0.05, 0) is 28.8 Å². The highest BCUT2D eigenvalue weighted by Gasteiger charge is 2.42. The molecule has 2 aliphatic rings. The van der Waals surface area contributed by atoms with Crippen LogP contribution < -0.4 is 14.2 Å². The summed E-state index contributed by atoms with van der Waals surface area (Å²) in [6.07, 6.45) is 2.21. The fourth-order valence-corrected chi connectivity index (χ4v) is 2.84. The largest absolute Gasteiger partial charge is 0.495 e. The summed E-state index contributed by atoms with van der Waals surface area (Å²) < 4.78 is 17.5. The Hall–Kier alpha value is -0.940. The number of hydrogen-bond donors (Lipinski definition) is 1. The highest BCUT2D eigenvalue weighted by molar-refractivity contribution is 9.10. The van der Waals surface area contributed by atoms with Crippen LogP contribution in [0.3, 0.4) is 0 Å². The lowest BCUT2D eigenvalue weighted by atomic mass is 10.0. The lowest BCUT2D eigenvalue weighted by Gasteiger charge is -2.24. The standard InChI is InChI=1S/C13H15BrO4/c1-16-11-8(7-13(15)2-3-13)12-10(6-9(11)14)17-4-5-18-12/h6,15H,2-5,7H2,1H3. The molecule has 98 valence electrons. The highest BCUT2D eigenvalue weighted by Crippen LogP contribution is 2.49. The molecule has 1 saturated carbocycles. The molecule has 0 saturated heterocycles. The smallest absolute Gasteiger partial charge is 0.168 e. The van der Waals surface area contributed by atoms with Crippen LogP contribution in [0.15, 0.2) is 10.5 Å². The molecule has 1 N–H and O–H groups in total. The van der Waals surface area contributed by atoms with Crippen LogP contribution in [0.4, 0.5) is 0 Å². The number of rotatable bonds is 3. The first-order valence-corrected chi connectivity index (χ1v) is 6.80. The first-order valence-electron chi connectivity index (χ1n) is 6.00. The topological polar surface area (TPSA) is 47.9 Å². The van der Waals surface area contributed by atoms with Crippen molar-refractivity contribution in [3.8, 4) is 17.2 Å². The summed E-state index contributed by atoms with van der Waals surface area (Å²) in [4.78, 5) is 0. The number of ether oxygens (including phenoxy) is 3. The maximum Gasteiger partial charge on any atom is 0.168 e. The Morgan fingerprint density at radius 1 is 1.39 bits per heavy atom. The van der Waals surface area contributed by atoms with Crippen LogP contribution in [0, 0.1) is 0 Å². The monoisotopic (exact) mass is 314 g/mol. The molecule has 3 rings (SSSR count). The van der Waals surface area contributed by atoms with E-state index in [9.17, 15) is 5.11 Å². The van der Waals surface area contributed by atoms with Crippen LogP contribution in [-0.4, -0.2) is 31.0 Å². The van der Waals surface area contributed by atoms with Gasteiger partial charge < -0.3 is 19.3 Å². The van der Waals surface area contributed by atoms with Crippen LogP contribution in [-0.2, 0) is 6.42 Å². The van der Waals surface area contributed by atoms with E-state index in [-0.39, 0.29) is 0 Å². The van der Waals surface area contributed by atoms with E-state index in [0.29, 0.717) is 31.1 Å². The van der Waals surface area contributed by atoms with Crippen molar-refractivity contribution in [1.29, 1.82) is 0 Å². The average Bonchev–Trinajstić information content (AvgIpc) is 3.07. The average molecular weight is 315 g/mol. The van der Waals surface area contributed by atoms with Crippen molar-refractivity contribution in [3.05, 3.63) is 16.1 Å². The van der Waals surface area contributed by atoms with E-state index in [1.54, 1.807) is 7.11 Å². The SMILES string of the molecule is COc1c(Br)cc2c(c1CC1(O)CC1)OCCO2. The Morgan fingerprint density at radius 2 is 2.11 bits per heavy atom. The van der Waals surface area contributed by atoms with Gasteiger partial charge in [-0.3, -0.25) is 0 Å². The number of halogens is 1. The predicted octanol–water partition coefficient (Wildman–Crippen LogP) is 2.30. The summed E-state index contributed by atoms with van der Waals surface area (Å²) in [5.74, 6) is 2.15. The minimum absolute atomic E-state index is 0.531. The van der Waals surface area contributed by atoms with E-state index in [0.717, 1.165) is 28.6 Å². The molecule has 1 aliphatic carbocycles. The van der Waals surface area contributed by atoms with Crippen LogP contribution in [0.25, 0.3) is 0 Å². The third-order valence-electron chi connectivity index (χ3n) is 3.37. The molecule has 0 radical (unpaired) electrons. The van der Waals surface area contributed by atoms with E-state index in [4.69, 9.17) is 14.2 Å². The van der Waals surface area contributed by atoms with Gasteiger partial charge in [0.05, 0.1) is 17.2 Å². The van der Waals surface area contributed by atoms with Gasteiger partial charge >= 0.3 is 0 Å². The summed E-state index contributed by atoms with van der Waals surface area (Å²) in [7, 11) is 1.62. The van der Waals surface area contributed by atoms with E-state index < -0.39 is 5.60 Å². The fraction of sp³-hybridized carbons (Fsp3) is 0.538. The minimum atomic E-state index is -0.595. The number of fused-ring (bicyclic) bond motifs is 1. The Morgan fingerprint density at radius 3 is 2.78 bits per heavy atom. The predicted molar refractivity (Wildman–Crippen MR) is 69.6 cm³/mol. The zero-order valence-electron chi connectivity index (χ0n) is 10.2. The highest BCUT2D eigenvalue weighted by atomic mass is 79.9. The van der Waals surface area contributed by atoms with Gasteiger partial charge in [0.15, 0.2) is 11.5 Å². The Balaban J connectivity index is 2.08. The lowest BCUT2D eigenvalue weighted by molar-refractivity contribution is 0.141. The van der Waals surface area contributed by atoms with Gasteiger partial charge in [-0.25, -0.2) is 0 Å². The van der Waals surface area contributed by atoms with Gasteiger partial charge in [0.1, 0.15) is 19.0 Å². The van der Waals surface area contributed by atoms with Gasteiger partial charge in [-0.15, -0.1) is 0 Å². The van der Waals surface area contributed by atoms with Gasteiger partial charge in [-0.2, -0.15) is 0 Å². The third kappa shape index (κ3) is 2.06. The second-order valence-corrected chi connectivity index (χ2v) is 5.65. The molecular weight excluding hydrogens is 300 g/mol. The molecule has 0 spiro atoms. The summed E-state index contributed by atoms with van der Waals surface area (Å²) in [5.41, 5.74) is 0.296. The molecule has 1 fully saturated rings. The minimum Gasteiger partial charge on any atom is -0.495 e. The molecular formula is C13H15BrO4. The number of methoxy groups -OCH3 is 1. The van der Waals surface area contributed by atoms with E-state index in [2.05, 4.69) is 15.9 Å². The molecule has 1 aliphatic heterocycles. The number of benzene rings is 1. The summed E-state index contributed by atoms with van der Waals surface area (Å²) in [6, 6.07) is 1.85. The van der Waals surface area contributed by atoms with E-state index in [1.165, 1.54) is 0 Å². The van der Waals surface area contributed by atoms with Crippen LogP contribution in [0.2, 0.25) is 0 Å². The van der Waals surface area contributed by atoms with Crippen molar-refractivity contribution in [3.63, 3.8) is 0 Å². The van der Waals surface area contributed by atoms with Gasteiger partial charge in [0, 0.05) is 18.1 Å².